The number of hydrogen-bond acceptors (Lipinski definition) is 1. The predicted molar refractivity (Wildman–Crippen MR) is 10.7 cm³/mol. The van der Waals surface area contributed by atoms with Gasteiger partial charge in [-0.15, -0.1) is 0 Å². The van der Waals surface area contributed by atoms with Crippen LogP contribution in [0.2, 0.25) is 0 Å². The Kier molecular flexibility index (Phi) is 2.23. The molecule has 0 spiro atoms. The molecule has 24 valence electrons. The Morgan fingerprint density at radius 3 is 2.00 bits per heavy atom. The third kappa shape index (κ3) is 1.53. The fraction of sp³-hybridized carbons (Fsp3) is 0. The summed E-state index contributed by atoms with van der Waals surface area (Å²) in [5.74, 6) is 0. The van der Waals surface area contributed by atoms with Crippen LogP contribution in [0.1, 0.15) is 0 Å². The van der Waals surface area contributed by atoms with Gasteiger partial charge >= 0.3 is 0 Å². The summed E-state index contributed by atoms with van der Waals surface area (Å²) in [5, 5.41) is 1.44. The van der Waals surface area contributed by atoms with Crippen LogP contribution in [-0.2, 0) is 0 Å². The van der Waals surface area contributed by atoms with Gasteiger partial charge in [-0.05, 0) is 0 Å². The molecule has 0 N–H and O–H groups in total. The molecule has 0 aromatic heterocycles. The Morgan fingerprint density at radius 2 is 2.00 bits per heavy atom. The van der Waals surface area contributed by atoms with Crippen molar-refractivity contribution in [2.24, 2.45) is 5.21 Å². The SMILES string of the molecule is FC=NF. The minimum absolute atomic E-state index is 0.417. The molecule has 0 bridgehead atoms. The van der Waals surface area contributed by atoms with Crippen molar-refractivity contribution < 1.29 is 8.87 Å². The lowest BCUT2D eigenvalue weighted by molar-refractivity contribution is 0.527. The van der Waals surface area contributed by atoms with Gasteiger partial charge in [0.2, 0.25) is 6.47 Å². The fourth-order valence-electron chi connectivity index (χ4n) is 0. The van der Waals surface area contributed by atoms with Crippen LogP contribution < -0.4 is 0 Å². The van der Waals surface area contributed by atoms with Gasteiger partial charge in [-0.2, -0.15) is 4.39 Å². The maximum absolute atomic E-state index is 10.1. The van der Waals surface area contributed by atoms with Gasteiger partial charge in [0.25, 0.3) is 0 Å². The van der Waals surface area contributed by atoms with Crippen molar-refractivity contribution in [3.05, 3.63) is 0 Å². The third-order valence-electron chi connectivity index (χ3n) is 0.0369. The maximum atomic E-state index is 10.1. The lowest BCUT2D eigenvalue weighted by atomic mass is 11.6. The summed E-state index contributed by atoms with van der Waals surface area (Å²) in [7, 11) is 0. The van der Waals surface area contributed by atoms with Gasteiger partial charge in [-0.1, -0.05) is 9.70 Å². The van der Waals surface area contributed by atoms with Crippen molar-refractivity contribution >= 4 is 6.47 Å². The summed E-state index contributed by atoms with van der Waals surface area (Å²) in [6.45, 7) is -0.417. The van der Waals surface area contributed by atoms with Gasteiger partial charge < -0.3 is 0 Å². The highest BCUT2D eigenvalue weighted by Gasteiger charge is 1.43. The molecule has 0 aromatic rings. The second-order valence-electron chi connectivity index (χ2n) is 0.195. The summed E-state index contributed by atoms with van der Waals surface area (Å²) in [6.07, 6.45) is 0. The minimum atomic E-state index is -0.417. The highest BCUT2D eigenvalue weighted by Crippen LogP contribution is 1.57. The van der Waals surface area contributed by atoms with Crippen molar-refractivity contribution in [1.82, 2.24) is 0 Å². The molecule has 0 heterocycles. The smallest absolute Gasteiger partial charge is 0.191 e. The normalized spacial score (nSPS) is 9.50. The molecular weight excluding hydrogens is 64.0 g/mol. The molecule has 0 rings (SSSR count). The number of rotatable bonds is 0. The molecule has 3 heteroatoms. The van der Waals surface area contributed by atoms with E-state index in [2.05, 4.69) is 0 Å². The van der Waals surface area contributed by atoms with Gasteiger partial charge in [-0.25, -0.2) is 0 Å². The zero-order valence-electron chi connectivity index (χ0n) is 1.78. The molecule has 0 unspecified atom stereocenters. The van der Waals surface area contributed by atoms with E-state index in [0.29, 0.717) is 0 Å². The van der Waals surface area contributed by atoms with Crippen LogP contribution in [0.15, 0.2) is 5.21 Å². The Labute approximate surface area is 21.9 Å². The molecule has 4 heavy (non-hydrogen) atoms. The van der Waals surface area contributed by atoms with Crippen molar-refractivity contribution in [2.45, 2.75) is 0 Å². The van der Waals surface area contributed by atoms with Crippen LogP contribution in [0.5, 0.6) is 0 Å². The van der Waals surface area contributed by atoms with Crippen LogP contribution in [0.25, 0.3) is 0 Å². The van der Waals surface area contributed by atoms with Crippen molar-refractivity contribution in [3.8, 4) is 0 Å². The molecule has 0 fully saturated rings. The number of hydrogen-bond donors (Lipinski definition) is 0. The van der Waals surface area contributed by atoms with E-state index in [9.17, 15) is 8.87 Å². The third-order valence-corrected chi connectivity index (χ3v) is 0.0369. The van der Waals surface area contributed by atoms with E-state index in [0.717, 1.165) is 0 Å². The Bertz CT molecular complexity index is 21.2. The minimum Gasteiger partial charge on any atom is -0.191 e. The highest BCUT2D eigenvalue weighted by atomic mass is 19.2. The monoisotopic (exact) mass is 65.0 g/mol. The summed E-state index contributed by atoms with van der Waals surface area (Å²) >= 11 is 0. The van der Waals surface area contributed by atoms with Crippen LogP contribution in [0, 0.1) is 0 Å². The maximum Gasteiger partial charge on any atom is 0.207 e. The molecule has 0 aromatic carbocycles. The van der Waals surface area contributed by atoms with Crippen LogP contribution in [0.4, 0.5) is 8.87 Å². The Hall–Kier alpha value is -0.470. The van der Waals surface area contributed by atoms with Crippen LogP contribution in [-0.4, -0.2) is 6.47 Å². The first-order valence-electron chi connectivity index (χ1n) is 0.645. The van der Waals surface area contributed by atoms with Gasteiger partial charge in [-0.3, -0.25) is 0 Å². The quantitative estimate of drug-likeness (QED) is 0.371. The molecule has 0 aliphatic carbocycles. The molecular formula is CHF2N. The number of nitrogens with zero attached hydrogens (tertiary/aromatic N) is 1. The molecule has 0 aliphatic rings. The molecule has 0 atom stereocenters. The standard InChI is InChI=1S/CHF2N/c2-1-4-3/h1H. The van der Waals surface area contributed by atoms with E-state index in [4.69, 9.17) is 0 Å². The van der Waals surface area contributed by atoms with Crippen molar-refractivity contribution in [1.29, 1.82) is 0 Å². The summed E-state index contributed by atoms with van der Waals surface area (Å²) < 4.78 is 20.0. The van der Waals surface area contributed by atoms with E-state index in [1.165, 1.54) is 5.21 Å². The number of halogens is 2. The van der Waals surface area contributed by atoms with Crippen LogP contribution >= 0.6 is 0 Å². The first-order valence-corrected chi connectivity index (χ1v) is 0.645. The van der Waals surface area contributed by atoms with E-state index in [1.807, 2.05) is 0 Å². The summed E-state index contributed by atoms with van der Waals surface area (Å²) in [5.41, 5.74) is 0. The van der Waals surface area contributed by atoms with E-state index < -0.39 is 6.47 Å². The molecule has 0 aliphatic heterocycles. The van der Waals surface area contributed by atoms with Crippen molar-refractivity contribution in [3.63, 3.8) is 0 Å². The summed E-state index contributed by atoms with van der Waals surface area (Å²) in [4.78, 5) is 0. The lowest BCUT2D eigenvalue weighted by Gasteiger charge is -1.42. The Morgan fingerprint density at radius 1 is 1.75 bits per heavy atom. The predicted octanol–water partition coefficient (Wildman–Crippen LogP) is 0.869. The summed E-state index contributed by atoms with van der Waals surface area (Å²) in [6, 6.07) is 0. The van der Waals surface area contributed by atoms with E-state index >= 15 is 0 Å². The highest BCUT2D eigenvalue weighted by molar-refractivity contribution is 5.42. The van der Waals surface area contributed by atoms with Crippen LogP contribution in [0.3, 0.4) is 0 Å². The van der Waals surface area contributed by atoms with Gasteiger partial charge in [0.15, 0.2) is 0 Å². The average molecular weight is 65.0 g/mol. The molecule has 0 radical (unpaired) electrons. The van der Waals surface area contributed by atoms with Gasteiger partial charge in [0.1, 0.15) is 0 Å². The van der Waals surface area contributed by atoms with Gasteiger partial charge in [0, 0.05) is 0 Å². The average Bonchev–Trinajstić information content (AvgIpc) is 1.37. The van der Waals surface area contributed by atoms with E-state index in [-0.39, 0.29) is 0 Å². The zero-order chi connectivity index (χ0) is 3.41. The first kappa shape index (κ1) is 3.53. The second kappa shape index (κ2) is 2.53. The second-order valence-corrected chi connectivity index (χ2v) is 0.195. The lowest BCUT2D eigenvalue weighted by Crippen LogP contribution is -1.35. The Balaban J connectivity index is 2.55. The fourth-order valence-corrected chi connectivity index (χ4v) is 0. The topological polar surface area (TPSA) is 12.4 Å². The van der Waals surface area contributed by atoms with Gasteiger partial charge in [0.05, 0.1) is 0 Å². The van der Waals surface area contributed by atoms with Crippen molar-refractivity contribution in [2.75, 3.05) is 0 Å². The molecule has 1 nitrogen and oxygen atoms in total. The molecule has 0 saturated heterocycles. The van der Waals surface area contributed by atoms with E-state index in [1.54, 1.807) is 0 Å². The molecule has 0 amide bonds. The largest absolute Gasteiger partial charge is 0.207 e. The molecule has 0 saturated carbocycles. The first-order chi connectivity index (χ1) is 1.91. The zero-order valence-corrected chi connectivity index (χ0v) is 1.78.